The van der Waals surface area contributed by atoms with Crippen molar-refractivity contribution in [3.63, 3.8) is 0 Å². The molecule has 26 heavy (non-hydrogen) atoms. The molecule has 0 spiro atoms. The molecule has 1 atom stereocenters. The maximum Gasteiger partial charge on any atom is 0.573 e. The second-order valence-electron chi connectivity index (χ2n) is 5.67. The third-order valence-electron chi connectivity index (χ3n) is 3.96. The fraction of sp³-hybridized carbons (Fsp3) is 0.158. The van der Waals surface area contributed by atoms with Gasteiger partial charge in [-0.2, -0.15) is 5.10 Å². The Morgan fingerprint density at radius 3 is 2.54 bits per heavy atom. The molecular weight excluding hydrogens is 345 g/mol. The van der Waals surface area contributed by atoms with E-state index in [1.54, 1.807) is 18.3 Å². The smallest absolute Gasteiger partial charge is 0.406 e. The van der Waals surface area contributed by atoms with Crippen LogP contribution in [0.4, 0.5) is 13.2 Å². The van der Waals surface area contributed by atoms with E-state index < -0.39 is 6.36 Å². The molecule has 0 saturated carbocycles. The lowest BCUT2D eigenvalue weighted by Crippen LogP contribution is -2.33. The monoisotopic (exact) mass is 360 g/mol. The van der Waals surface area contributed by atoms with Gasteiger partial charge >= 0.3 is 6.36 Å². The molecule has 1 aliphatic heterocycles. The predicted molar refractivity (Wildman–Crippen MR) is 90.6 cm³/mol. The highest BCUT2D eigenvalue weighted by Gasteiger charge is 2.31. The Morgan fingerprint density at radius 1 is 1.19 bits per heavy atom. The summed E-state index contributed by atoms with van der Waals surface area (Å²) in [6, 6.07) is 12.7. The van der Waals surface area contributed by atoms with Gasteiger partial charge in [0.15, 0.2) is 0 Å². The van der Waals surface area contributed by atoms with E-state index in [9.17, 15) is 18.0 Å². The normalized spacial score (nSPS) is 16.1. The zero-order valence-corrected chi connectivity index (χ0v) is 13.6. The van der Waals surface area contributed by atoms with Crippen LogP contribution in [0.5, 0.6) is 5.75 Å². The molecule has 1 heterocycles. The minimum atomic E-state index is -4.73. The van der Waals surface area contributed by atoms with Gasteiger partial charge in [0.25, 0.3) is 5.91 Å². The molecule has 0 saturated heterocycles. The van der Waals surface area contributed by atoms with Crippen molar-refractivity contribution < 1.29 is 22.7 Å². The largest absolute Gasteiger partial charge is 0.573 e. The Hall–Kier alpha value is -3.09. The van der Waals surface area contributed by atoms with Crippen LogP contribution in [0.15, 0.2) is 66.3 Å². The summed E-state index contributed by atoms with van der Waals surface area (Å²) >= 11 is 0. The molecule has 4 nitrogen and oxygen atoms in total. The summed E-state index contributed by atoms with van der Waals surface area (Å²) in [4.78, 5) is 12.1. The van der Waals surface area contributed by atoms with Gasteiger partial charge in [-0.3, -0.25) is 4.79 Å². The third kappa shape index (κ3) is 3.93. The number of hydrogen-bond donors (Lipinski definition) is 0. The van der Waals surface area contributed by atoms with Gasteiger partial charge in [-0.1, -0.05) is 43.0 Å². The van der Waals surface area contributed by atoms with E-state index in [-0.39, 0.29) is 17.7 Å². The zero-order valence-electron chi connectivity index (χ0n) is 13.6. The summed E-state index contributed by atoms with van der Waals surface area (Å²) in [5, 5.41) is 5.53. The summed E-state index contributed by atoms with van der Waals surface area (Å²) in [7, 11) is 0. The lowest BCUT2D eigenvalue weighted by Gasteiger charge is -2.31. The van der Waals surface area contributed by atoms with Crippen LogP contribution >= 0.6 is 0 Å². The lowest BCUT2D eigenvalue weighted by atomic mass is 9.93. The van der Waals surface area contributed by atoms with Gasteiger partial charge < -0.3 is 4.74 Å². The molecule has 7 heteroatoms. The van der Waals surface area contributed by atoms with E-state index in [0.29, 0.717) is 6.42 Å². The molecule has 0 fully saturated rings. The predicted octanol–water partition coefficient (Wildman–Crippen LogP) is 4.23. The number of hydrogen-bond acceptors (Lipinski definition) is 3. The molecule has 0 radical (unpaired) electrons. The van der Waals surface area contributed by atoms with Crippen LogP contribution in [-0.2, 0) is 11.2 Å². The van der Waals surface area contributed by atoms with Crippen molar-refractivity contribution in [2.24, 2.45) is 5.10 Å². The molecule has 0 aliphatic carbocycles. The highest BCUT2D eigenvalue weighted by atomic mass is 19.4. The molecule has 0 aromatic heterocycles. The van der Waals surface area contributed by atoms with Crippen LogP contribution < -0.4 is 4.74 Å². The summed E-state index contributed by atoms with van der Waals surface area (Å²) in [5.74, 6) is -0.639. The number of halogens is 3. The van der Waals surface area contributed by atoms with Crippen LogP contribution in [0, 0.1) is 0 Å². The number of fused-ring (bicyclic) bond motifs is 1. The molecule has 1 unspecified atom stereocenters. The fourth-order valence-electron chi connectivity index (χ4n) is 2.82. The van der Waals surface area contributed by atoms with Crippen LogP contribution in [0.2, 0.25) is 0 Å². The standard InChI is InChI=1S/C19H15F3N2O2/c1-2-18(25)24-17(16-6-4-3-5-14(16)12-23-24)11-13-7-9-15(10-8-13)26-19(20,21)22/h2-10,12,17H,1,11H2. The van der Waals surface area contributed by atoms with Gasteiger partial charge in [0.05, 0.1) is 12.3 Å². The van der Waals surface area contributed by atoms with Crippen molar-refractivity contribution >= 4 is 12.1 Å². The first-order chi connectivity index (χ1) is 12.4. The van der Waals surface area contributed by atoms with Gasteiger partial charge in [0.2, 0.25) is 0 Å². The Balaban J connectivity index is 1.87. The van der Waals surface area contributed by atoms with E-state index in [0.717, 1.165) is 16.7 Å². The first-order valence-electron chi connectivity index (χ1n) is 7.80. The molecule has 1 aliphatic rings. The van der Waals surface area contributed by atoms with Crippen molar-refractivity contribution in [1.82, 2.24) is 5.01 Å². The number of benzene rings is 2. The number of rotatable bonds is 4. The Labute approximate surface area is 148 Å². The number of carbonyl (C=O) groups is 1. The summed E-state index contributed by atoms with van der Waals surface area (Å²) < 4.78 is 40.7. The van der Waals surface area contributed by atoms with E-state index in [1.165, 1.54) is 23.2 Å². The SMILES string of the molecule is C=CC(=O)N1N=Cc2ccccc2C1Cc1ccc(OC(F)(F)F)cc1. The van der Waals surface area contributed by atoms with E-state index in [1.807, 2.05) is 24.3 Å². The zero-order chi connectivity index (χ0) is 18.7. The first kappa shape index (κ1) is 17.7. The van der Waals surface area contributed by atoms with Gasteiger partial charge in [-0.15, -0.1) is 13.2 Å². The van der Waals surface area contributed by atoms with Crippen molar-refractivity contribution in [1.29, 1.82) is 0 Å². The van der Waals surface area contributed by atoms with Gasteiger partial charge in [-0.25, -0.2) is 5.01 Å². The third-order valence-corrected chi connectivity index (χ3v) is 3.96. The van der Waals surface area contributed by atoms with Gasteiger partial charge in [-0.05, 0) is 41.3 Å². The quantitative estimate of drug-likeness (QED) is 0.766. The lowest BCUT2D eigenvalue weighted by molar-refractivity contribution is -0.274. The summed E-state index contributed by atoms with van der Waals surface area (Å²) in [5.41, 5.74) is 2.55. The van der Waals surface area contributed by atoms with Crippen molar-refractivity contribution in [2.75, 3.05) is 0 Å². The molecule has 0 N–H and O–H groups in total. The molecule has 0 bridgehead atoms. The number of nitrogens with zero attached hydrogens (tertiary/aromatic N) is 2. The van der Waals surface area contributed by atoms with Crippen LogP contribution in [0.3, 0.4) is 0 Å². The Kier molecular flexibility index (Phi) is 4.79. The average Bonchev–Trinajstić information content (AvgIpc) is 2.61. The van der Waals surface area contributed by atoms with E-state index >= 15 is 0 Å². The highest BCUT2D eigenvalue weighted by Crippen LogP contribution is 2.32. The number of alkyl halides is 3. The van der Waals surface area contributed by atoms with Gasteiger partial charge in [0.1, 0.15) is 5.75 Å². The molecule has 2 aromatic rings. The fourth-order valence-corrected chi connectivity index (χ4v) is 2.82. The minimum absolute atomic E-state index is 0.290. The summed E-state index contributed by atoms with van der Waals surface area (Å²) in [6.45, 7) is 3.49. The maximum absolute atomic E-state index is 12.3. The second-order valence-corrected chi connectivity index (χ2v) is 5.67. The van der Waals surface area contributed by atoms with E-state index in [4.69, 9.17) is 0 Å². The molecular formula is C19H15F3N2O2. The maximum atomic E-state index is 12.3. The van der Waals surface area contributed by atoms with Crippen LogP contribution in [-0.4, -0.2) is 23.5 Å². The minimum Gasteiger partial charge on any atom is -0.406 e. The average molecular weight is 360 g/mol. The Morgan fingerprint density at radius 2 is 1.88 bits per heavy atom. The van der Waals surface area contributed by atoms with Crippen LogP contribution in [0.25, 0.3) is 0 Å². The number of hydrazone groups is 1. The topological polar surface area (TPSA) is 41.9 Å². The van der Waals surface area contributed by atoms with Crippen molar-refractivity contribution in [2.45, 2.75) is 18.8 Å². The number of amides is 1. The molecule has 134 valence electrons. The highest BCUT2D eigenvalue weighted by molar-refractivity contribution is 5.91. The number of ether oxygens (including phenoxy) is 1. The molecule has 1 amide bonds. The van der Waals surface area contributed by atoms with Crippen molar-refractivity contribution in [3.05, 3.63) is 77.9 Å². The second kappa shape index (κ2) is 7.03. The molecule has 2 aromatic carbocycles. The molecule has 3 rings (SSSR count). The van der Waals surface area contributed by atoms with Crippen molar-refractivity contribution in [3.8, 4) is 5.75 Å². The van der Waals surface area contributed by atoms with Gasteiger partial charge in [0, 0.05) is 0 Å². The van der Waals surface area contributed by atoms with E-state index in [2.05, 4.69) is 16.4 Å². The first-order valence-corrected chi connectivity index (χ1v) is 7.80. The Bertz CT molecular complexity index is 845. The number of carbonyl (C=O) groups excluding carboxylic acids is 1. The summed E-state index contributed by atoms with van der Waals surface area (Å²) in [6.07, 6.45) is -1.56. The van der Waals surface area contributed by atoms with Crippen LogP contribution in [0.1, 0.15) is 22.7 Å².